The van der Waals surface area contributed by atoms with Gasteiger partial charge in [0.15, 0.2) is 10.8 Å². The van der Waals surface area contributed by atoms with Crippen molar-refractivity contribution in [3.05, 3.63) is 35.8 Å². The van der Waals surface area contributed by atoms with Gasteiger partial charge in [0.25, 0.3) is 0 Å². The third-order valence-corrected chi connectivity index (χ3v) is 2.93. The van der Waals surface area contributed by atoms with Crippen molar-refractivity contribution >= 4 is 22.3 Å². The first-order valence-corrected chi connectivity index (χ1v) is 5.33. The predicted molar refractivity (Wildman–Crippen MR) is 59.0 cm³/mol. The van der Waals surface area contributed by atoms with E-state index >= 15 is 0 Å². The van der Waals surface area contributed by atoms with E-state index in [-0.39, 0.29) is 5.75 Å². The van der Waals surface area contributed by atoms with Gasteiger partial charge in [-0.2, -0.15) is 0 Å². The number of nitrogens with zero attached hydrogens (tertiary/aromatic N) is 1. The van der Waals surface area contributed by atoms with Crippen LogP contribution in [0.2, 0.25) is 0 Å². The van der Waals surface area contributed by atoms with Crippen LogP contribution in [0.15, 0.2) is 40.3 Å². The van der Waals surface area contributed by atoms with E-state index in [1.807, 2.05) is 11.4 Å². The van der Waals surface area contributed by atoms with Crippen molar-refractivity contribution in [3.63, 3.8) is 0 Å². The van der Waals surface area contributed by atoms with Gasteiger partial charge in [0.1, 0.15) is 11.3 Å². The molecule has 0 saturated carbocycles. The van der Waals surface area contributed by atoms with Gasteiger partial charge < -0.3 is 9.52 Å². The molecule has 0 aliphatic rings. The monoisotopic (exact) mass is 217 g/mol. The minimum absolute atomic E-state index is 0.244. The number of thiazole rings is 1. The SMILES string of the molecule is Oc1ccc2oc(-c3nccs3)cc2c1. The Morgan fingerprint density at radius 1 is 1.27 bits per heavy atom. The zero-order chi connectivity index (χ0) is 10.3. The number of phenolic OH excluding ortho intramolecular Hbond substituents is 1. The maximum atomic E-state index is 9.32. The van der Waals surface area contributed by atoms with E-state index in [1.54, 1.807) is 24.4 Å². The predicted octanol–water partition coefficient (Wildman–Crippen LogP) is 3.26. The molecule has 4 heteroatoms. The van der Waals surface area contributed by atoms with Crippen molar-refractivity contribution in [1.29, 1.82) is 0 Å². The van der Waals surface area contributed by atoms with E-state index in [9.17, 15) is 5.11 Å². The summed E-state index contributed by atoms with van der Waals surface area (Å²) >= 11 is 1.53. The smallest absolute Gasteiger partial charge is 0.164 e. The van der Waals surface area contributed by atoms with Crippen LogP contribution in [0.1, 0.15) is 0 Å². The lowest BCUT2D eigenvalue weighted by atomic mass is 10.2. The Kier molecular flexibility index (Phi) is 1.76. The number of aromatic nitrogens is 1. The van der Waals surface area contributed by atoms with Gasteiger partial charge in [-0.05, 0) is 24.3 Å². The number of phenols is 1. The highest BCUT2D eigenvalue weighted by Crippen LogP contribution is 2.30. The van der Waals surface area contributed by atoms with Crippen molar-refractivity contribution in [2.24, 2.45) is 0 Å². The second-order valence-corrected chi connectivity index (χ2v) is 4.06. The van der Waals surface area contributed by atoms with Crippen LogP contribution < -0.4 is 0 Å². The molecule has 2 aromatic heterocycles. The molecule has 0 aliphatic carbocycles. The van der Waals surface area contributed by atoms with Gasteiger partial charge in [0.05, 0.1) is 0 Å². The molecule has 0 radical (unpaired) electrons. The Morgan fingerprint density at radius 2 is 2.20 bits per heavy atom. The van der Waals surface area contributed by atoms with Crippen molar-refractivity contribution in [2.45, 2.75) is 0 Å². The molecule has 0 bridgehead atoms. The lowest BCUT2D eigenvalue weighted by Gasteiger charge is -1.88. The van der Waals surface area contributed by atoms with E-state index in [4.69, 9.17) is 4.42 Å². The Labute approximate surface area is 89.6 Å². The molecule has 0 fully saturated rings. The quantitative estimate of drug-likeness (QED) is 0.680. The van der Waals surface area contributed by atoms with Gasteiger partial charge in [-0.1, -0.05) is 0 Å². The number of rotatable bonds is 1. The number of hydrogen-bond donors (Lipinski definition) is 1. The Balaban J connectivity index is 2.22. The Morgan fingerprint density at radius 3 is 3.00 bits per heavy atom. The highest BCUT2D eigenvalue weighted by atomic mass is 32.1. The van der Waals surface area contributed by atoms with Crippen LogP contribution in [-0.4, -0.2) is 10.1 Å². The van der Waals surface area contributed by atoms with E-state index in [0.29, 0.717) is 0 Å². The van der Waals surface area contributed by atoms with Gasteiger partial charge in [-0.25, -0.2) is 4.98 Å². The average molecular weight is 217 g/mol. The summed E-state index contributed by atoms with van der Waals surface area (Å²) in [6.07, 6.45) is 1.74. The van der Waals surface area contributed by atoms with Crippen LogP contribution in [0, 0.1) is 0 Å². The average Bonchev–Trinajstić information content (AvgIpc) is 2.84. The highest BCUT2D eigenvalue weighted by Gasteiger charge is 2.08. The summed E-state index contributed by atoms with van der Waals surface area (Å²) in [5.74, 6) is 0.986. The number of benzene rings is 1. The zero-order valence-corrected chi connectivity index (χ0v) is 8.49. The first-order chi connectivity index (χ1) is 7.33. The molecule has 0 unspecified atom stereocenters. The van der Waals surface area contributed by atoms with Crippen LogP contribution in [-0.2, 0) is 0 Å². The van der Waals surface area contributed by atoms with Gasteiger partial charge in [-0.15, -0.1) is 11.3 Å². The fraction of sp³-hybridized carbons (Fsp3) is 0. The summed E-state index contributed by atoms with van der Waals surface area (Å²) < 4.78 is 5.60. The zero-order valence-electron chi connectivity index (χ0n) is 7.68. The molecule has 3 nitrogen and oxygen atoms in total. The van der Waals surface area contributed by atoms with E-state index in [0.717, 1.165) is 21.7 Å². The number of furan rings is 1. The lowest BCUT2D eigenvalue weighted by Crippen LogP contribution is -1.66. The van der Waals surface area contributed by atoms with Crippen LogP contribution in [0.25, 0.3) is 21.7 Å². The summed E-state index contributed by atoms with van der Waals surface area (Å²) in [7, 11) is 0. The molecule has 1 aromatic carbocycles. The minimum Gasteiger partial charge on any atom is -0.508 e. The molecule has 3 rings (SSSR count). The van der Waals surface area contributed by atoms with E-state index in [2.05, 4.69) is 4.98 Å². The molecular formula is C11H7NO2S. The molecular weight excluding hydrogens is 210 g/mol. The second kappa shape index (κ2) is 3.10. The van der Waals surface area contributed by atoms with Gasteiger partial charge >= 0.3 is 0 Å². The third kappa shape index (κ3) is 1.39. The molecule has 0 aliphatic heterocycles. The second-order valence-electron chi connectivity index (χ2n) is 3.17. The fourth-order valence-corrected chi connectivity index (χ4v) is 2.07. The molecule has 1 N–H and O–H groups in total. The molecule has 15 heavy (non-hydrogen) atoms. The largest absolute Gasteiger partial charge is 0.508 e. The van der Waals surface area contributed by atoms with Crippen LogP contribution in [0.3, 0.4) is 0 Å². The number of hydrogen-bond acceptors (Lipinski definition) is 4. The molecule has 2 heterocycles. The maximum Gasteiger partial charge on any atom is 0.164 e. The first kappa shape index (κ1) is 8.49. The lowest BCUT2D eigenvalue weighted by molar-refractivity contribution is 0.476. The van der Waals surface area contributed by atoms with E-state index < -0.39 is 0 Å². The molecule has 0 saturated heterocycles. The molecule has 0 amide bonds. The molecule has 0 spiro atoms. The summed E-state index contributed by atoms with van der Waals surface area (Å²) in [5, 5.41) is 13.0. The molecule has 74 valence electrons. The summed E-state index contributed by atoms with van der Waals surface area (Å²) in [4.78, 5) is 4.17. The third-order valence-electron chi connectivity index (χ3n) is 2.14. The van der Waals surface area contributed by atoms with Gasteiger partial charge in [-0.3, -0.25) is 0 Å². The summed E-state index contributed by atoms with van der Waals surface area (Å²) in [6, 6.07) is 6.92. The van der Waals surface area contributed by atoms with Crippen LogP contribution in [0.5, 0.6) is 5.75 Å². The topological polar surface area (TPSA) is 46.3 Å². The van der Waals surface area contributed by atoms with Crippen LogP contribution >= 0.6 is 11.3 Å². The standard InChI is InChI=1S/C11H7NO2S/c13-8-1-2-9-7(5-8)6-10(14-9)11-12-3-4-15-11/h1-6,13H. The van der Waals surface area contributed by atoms with E-state index in [1.165, 1.54) is 11.3 Å². The van der Waals surface area contributed by atoms with Crippen LogP contribution in [0.4, 0.5) is 0 Å². The number of aromatic hydroxyl groups is 1. The fourth-order valence-electron chi connectivity index (χ4n) is 1.48. The number of fused-ring (bicyclic) bond motifs is 1. The van der Waals surface area contributed by atoms with Gasteiger partial charge in [0.2, 0.25) is 0 Å². The first-order valence-electron chi connectivity index (χ1n) is 4.45. The molecule has 3 aromatic rings. The van der Waals surface area contributed by atoms with Gasteiger partial charge in [0, 0.05) is 17.0 Å². The van der Waals surface area contributed by atoms with Crippen molar-refractivity contribution in [1.82, 2.24) is 4.98 Å². The summed E-state index contributed by atoms with van der Waals surface area (Å²) in [5.41, 5.74) is 0.762. The normalized spacial score (nSPS) is 10.9. The minimum atomic E-state index is 0.244. The Bertz CT molecular complexity index is 598. The summed E-state index contributed by atoms with van der Waals surface area (Å²) in [6.45, 7) is 0. The maximum absolute atomic E-state index is 9.32. The Hall–Kier alpha value is -1.81. The molecule has 0 atom stereocenters. The van der Waals surface area contributed by atoms with Crippen molar-refractivity contribution < 1.29 is 9.52 Å². The van der Waals surface area contributed by atoms with Crippen molar-refractivity contribution in [2.75, 3.05) is 0 Å². The highest BCUT2D eigenvalue weighted by molar-refractivity contribution is 7.13. The van der Waals surface area contributed by atoms with Crippen molar-refractivity contribution in [3.8, 4) is 16.5 Å².